The van der Waals surface area contributed by atoms with Crippen molar-refractivity contribution in [2.24, 2.45) is 17.4 Å². The van der Waals surface area contributed by atoms with Crippen molar-refractivity contribution in [3.05, 3.63) is 99.8 Å². The molecule has 4 aliphatic heterocycles. The lowest BCUT2D eigenvalue weighted by Gasteiger charge is -2.40. The Bertz CT molecular complexity index is 2890. The van der Waals surface area contributed by atoms with Gasteiger partial charge in [-0.15, -0.1) is 0 Å². The maximum atomic E-state index is 13.7. The first kappa shape index (κ1) is 52.4. The zero-order chi connectivity index (χ0) is 53.2. The molecule has 74 heavy (non-hydrogen) atoms. The van der Waals surface area contributed by atoms with Gasteiger partial charge in [0.05, 0.1) is 43.2 Å². The molecule has 2 aromatic carbocycles. The van der Waals surface area contributed by atoms with Crippen LogP contribution < -0.4 is 38.1 Å². The number of Topliss-reactive ketones (excluding diaryl/α,β-unsaturated/α-hetero) is 2. The first-order valence-corrected chi connectivity index (χ1v) is 24.9. The molecule has 5 heterocycles. The van der Waals surface area contributed by atoms with E-state index in [-0.39, 0.29) is 71.5 Å². The van der Waals surface area contributed by atoms with Gasteiger partial charge < -0.3 is 66.4 Å². The van der Waals surface area contributed by atoms with Gasteiger partial charge in [-0.2, -0.15) is 0 Å². The number of nitrogens with zero attached hydrogens (tertiary/aromatic N) is 4. The van der Waals surface area contributed by atoms with Crippen LogP contribution in [-0.4, -0.2) is 153 Å². The van der Waals surface area contributed by atoms with Crippen LogP contribution in [0.1, 0.15) is 51.9 Å². The SMILES string of the molecule is COC1=C(C)C(=O)C2=C(C1=O)[C@@H](COC(N)=O)[C@@]1(OC)[C@@H]3[C@H](CN21)N3C(=O)OCc1ccc(SSC[C@H](NC(=O)CC[C@H](NC(=O)c2ccc(NCc3cnc4c(n3)C(=O)NC(N)N4)cc2)C(=O)O)C(=O)O)cc1. The van der Waals surface area contributed by atoms with E-state index in [2.05, 4.69) is 36.6 Å². The maximum absolute atomic E-state index is 13.7. The van der Waals surface area contributed by atoms with E-state index in [0.29, 0.717) is 21.8 Å². The van der Waals surface area contributed by atoms with Crippen molar-refractivity contribution in [2.45, 2.75) is 74.0 Å². The number of carboxylic acid groups (broad SMARTS) is 2. The highest BCUT2D eigenvalue weighted by Gasteiger charge is 2.78. The second kappa shape index (κ2) is 21.6. The molecule has 26 nitrogen and oxygen atoms in total. The van der Waals surface area contributed by atoms with Crippen LogP contribution in [0.4, 0.5) is 21.1 Å². The second-order valence-electron chi connectivity index (χ2n) is 17.3. The van der Waals surface area contributed by atoms with Crippen molar-refractivity contribution in [3.63, 3.8) is 0 Å². The van der Waals surface area contributed by atoms with Crippen molar-refractivity contribution in [2.75, 3.05) is 43.8 Å². The van der Waals surface area contributed by atoms with E-state index >= 15 is 0 Å². The minimum Gasteiger partial charge on any atom is -0.492 e. The Hall–Kier alpha value is -7.95. The first-order chi connectivity index (χ1) is 35.4. The third-order valence-corrected chi connectivity index (χ3v) is 15.2. The number of amides is 5. The van der Waals surface area contributed by atoms with Gasteiger partial charge in [-0.05, 0) is 55.3 Å². The number of nitrogens with one attached hydrogen (secondary N) is 5. The number of aliphatic carboxylic acids is 2. The largest absolute Gasteiger partial charge is 0.492 e. The molecule has 0 radical (unpaired) electrons. The van der Waals surface area contributed by atoms with Gasteiger partial charge >= 0.3 is 24.1 Å². The third-order valence-electron chi connectivity index (χ3n) is 12.8. The first-order valence-electron chi connectivity index (χ1n) is 22.6. The smallest absolute Gasteiger partial charge is 0.410 e. The van der Waals surface area contributed by atoms with Gasteiger partial charge in [-0.1, -0.05) is 33.7 Å². The second-order valence-corrected chi connectivity index (χ2v) is 19.7. The molecule has 2 saturated heterocycles. The summed E-state index contributed by atoms with van der Waals surface area (Å²) in [4.78, 5) is 127. The fraction of sp³-hybridized carbons (Fsp3) is 0.370. The number of piperazine rings is 1. The Kier molecular flexibility index (Phi) is 15.3. The summed E-state index contributed by atoms with van der Waals surface area (Å²) in [5.41, 5.74) is 11.6. The summed E-state index contributed by atoms with van der Waals surface area (Å²) in [7, 11) is 5.01. The molecule has 2 fully saturated rings. The summed E-state index contributed by atoms with van der Waals surface area (Å²) in [6, 6.07) is 8.99. The van der Waals surface area contributed by atoms with Crippen LogP contribution in [0.5, 0.6) is 0 Å². The Morgan fingerprint density at radius 2 is 1.66 bits per heavy atom. The van der Waals surface area contributed by atoms with Gasteiger partial charge in [0.25, 0.3) is 11.8 Å². The Morgan fingerprint density at radius 1 is 0.946 bits per heavy atom. The van der Waals surface area contributed by atoms with Crippen LogP contribution >= 0.6 is 21.6 Å². The molecule has 11 N–H and O–H groups in total. The number of allylic oxidation sites excluding steroid dienone is 2. The van der Waals surface area contributed by atoms with E-state index in [9.17, 15) is 53.4 Å². The van der Waals surface area contributed by atoms with E-state index in [1.807, 2.05) is 0 Å². The topological polar surface area (TPSA) is 375 Å². The zero-order valence-electron chi connectivity index (χ0n) is 39.6. The molecular formula is C46H49N11O15S2. The highest BCUT2D eigenvalue weighted by molar-refractivity contribution is 8.76. The normalized spacial score (nSPS) is 22.0. The number of methoxy groups -OCH3 is 2. The van der Waals surface area contributed by atoms with E-state index < -0.39 is 109 Å². The number of carbonyl (C=O) groups is 9. The lowest BCUT2D eigenvalue weighted by atomic mass is 9.83. The van der Waals surface area contributed by atoms with Gasteiger partial charge in [0.15, 0.2) is 29.3 Å². The van der Waals surface area contributed by atoms with E-state index in [4.69, 9.17) is 30.4 Å². The molecule has 3 aromatic rings. The van der Waals surface area contributed by atoms with Crippen LogP contribution in [0.15, 0.2) is 82.2 Å². The van der Waals surface area contributed by atoms with Gasteiger partial charge in [0, 0.05) is 53.1 Å². The molecule has 5 amide bonds. The molecule has 28 heteroatoms. The van der Waals surface area contributed by atoms with Crippen LogP contribution in [0, 0.1) is 5.92 Å². The predicted molar refractivity (Wildman–Crippen MR) is 259 cm³/mol. The summed E-state index contributed by atoms with van der Waals surface area (Å²) in [5, 5.41) is 32.8. The number of fused-ring (bicyclic) bond motifs is 5. The number of rotatable bonds is 21. The fourth-order valence-electron chi connectivity index (χ4n) is 9.28. The van der Waals surface area contributed by atoms with Gasteiger partial charge in [0.1, 0.15) is 31.3 Å². The molecule has 1 aromatic heterocycles. The van der Waals surface area contributed by atoms with E-state index in [0.717, 1.165) is 10.8 Å². The summed E-state index contributed by atoms with van der Waals surface area (Å²) in [5.74, 6) is -6.64. The standard InChI is InChI=1S/C46H49N11O15S2/c1-20-34(59)33-31(35(60)36(20)69-2)26(18-71-44(48)67)46(70-3)37-29(16-56(33)46)57(37)45(68)72-17-21-4-10-25(11-5-21)74-73-19-28(42(65)66)52-30(58)13-12-27(41(63)64)53-39(61)22-6-8-23(9-7-22)49-14-24-15-50-38-32(51-24)40(62)55-43(47)54-38/h4-11,15,26-29,37,43,49H,12-14,16-19,47H2,1-3H3,(H2,48,67)(H,50,54)(H,52,58)(H,53,61)(H,55,62)(H,63,64)(H,65,66)/t26-,27+,28+,29+,37+,43?,46-,57?/m1/s1. The highest BCUT2D eigenvalue weighted by atomic mass is 33.1. The fourth-order valence-corrected chi connectivity index (χ4v) is 11.4. The molecule has 0 spiro atoms. The monoisotopic (exact) mass is 1060 g/mol. The number of nitrogens with two attached hydrogens (primary N) is 2. The summed E-state index contributed by atoms with van der Waals surface area (Å²) < 4.78 is 22.1. The lowest BCUT2D eigenvalue weighted by molar-refractivity contribution is -0.144. The van der Waals surface area contributed by atoms with Crippen molar-refractivity contribution in [1.29, 1.82) is 0 Å². The molecule has 7 atom stereocenters. The molecule has 0 bridgehead atoms. The van der Waals surface area contributed by atoms with Crippen LogP contribution in [0.2, 0.25) is 0 Å². The molecule has 390 valence electrons. The number of primary amides is 1. The quantitative estimate of drug-likeness (QED) is 0.0406. The van der Waals surface area contributed by atoms with Crippen LogP contribution in [-0.2, 0) is 56.1 Å². The number of benzene rings is 2. The third kappa shape index (κ3) is 10.5. The Balaban J connectivity index is 0.767. The molecule has 1 aliphatic carbocycles. The van der Waals surface area contributed by atoms with Crippen LogP contribution in [0.25, 0.3) is 0 Å². The predicted octanol–water partition coefficient (Wildman–Crippen LogP) is 0.859. The zero-order valence-corrected chi connectivity index (χ0v) is 41.2. The summed E-state index contributed by atoms with van der Waals surface area (Å²) >= 11 is 0. The number of carbonyl (C=O) groups excluding carboxylic acids is 7. The molecule has 1 unspecified atom stereocenters. The molecule has 0 saturated carbocycles. The van der Waals surface area contributed by atoms with Crippen molar-refractivity contribution in [3.8, 4) is 0 Å². The Morgan fingerprint density at radius 3 is 2.32 bits per heavy atom. The van der Waals surface area contributed by atoms with Crippen molar-refractivity contribution < 1.29 is 72.3 Å². The number of ether oxygens (including phenoxy) is 4. The van der Waals surface area contributed by atoms with E-state index in [1.54, 1.807) is 41.3 Å². The van der Waals surface area contributed by atoms with Crippen molar-refractivity contribution in [1.82, 2.24) is 35.7 Å². The summed E-state index contributed by atoms with van der Waals surface area (Å²) in [6.45, 7) is 1.24. The minimum absolute atomic E-state index is 0.0421. The number of anilines is 2. The van der Waals surface area contributed by atoms with Gasteiger partial charge in [-0.3, -0.25) is 34.6 Å². The number of ketones is 2. The number of hydrogen-bond acceptors (Lipinski definition) is 21. The van der Waals surface area contributed by atoms with Crippen molar-refractivity contribution >= 4 is 86.5 Å². The average molecular weight is 1060 g/mol. The maximum Gasteiger partial charge on any atom is 0.410 e. The average Bonchev–Trinajstić information content (AvgIpc) is 3.88. The lowest BCUT2D eigenvalue weighted by Crippen LogP contribution is -2.56. The van der Waals surface area contributed by atoms with E-state index in [1.165, 1.54) is 55.2 Å². The molecule has 8 rings (SSSR count). The summed E-state index contributed by atoms with van der Waals surface area (Å²) in [6.07, 6.45) is -1.84. The highest BCUT2D eigenvalue weighted by Crippen LogP contribution is 2.60. The minimum atomic E-state index is -1.47. The Labute approximate surface area is 428 Å². The number of carboxylic acids is 2. The van der Waals surface area contributed by atoms with Gasteiger partial charge in [0.2, 0.25) is 17.5 Å². The molecular weight excluding hydrogens is 1010 g/mol. The van der Waals surface area contributed by atoms with Crippen LogP contribution in [0.3, 0.4) is 0 Å². The van der Waals surface area contributed by atoms with Gasteiger partial charge in [-0.25, -0.2) is 29.1 Å². The number of hydrogen-bond donors (Lipinski definition) is 9. The molecule has 5 aliphatic rings. The number of aromatic nitrogens is 2.